The van der Waals surface area contributed by atoms with Crippen LogP contribution in [0.5, 0.6) is 17.4 Å². The van der Waals surface area contributed by atoms with Gasteiger partial charge in [-0.15, -0.1) is 0 Å². The zero-order chi connectivity index (χ0) is 47.5. The predicted molar refractivity (Wildman–Crippen MR) is 246 cm³/mol. The van der Waals surface area contributed by atoms with Crippen molar-refractivity contribution in [2.75, 3.05) is 70.7 Å². The molecule has 0 bridgehead atoms. The number of piperidine rings is 1. The number of amides is 1. The van der Waals surface area contributed by atoms with Crippen LogP contribution < -0.4 is 19.1 Å². The fraction of sp³-hybridized carbons (Fsp3) is 0.438. The van der Waals surface area contributed by atoms with Crippen molar-refractivity contribution in [2.45, 2.75) is 68.7 Å². The van der Waals surface area contributed by atoms with Crippen molar-refractivity contribution in [2.24, 2.45) is 5.41 Å². The molecule has 3 aliphatic rings. The van der Waals surface area contributed by atoms with Crippen molar-refractivity contribution in [3.8, 4) is 17.4 Å². The topological polar surface area (TPSA) is 122 Å². The number of piperazine rings is 1. The highest BCUT2D eigenvalue weighted by molar-refractivity contribution is 7.90. The molecule has 0 radical (unpaired) electrons. The Bertz CT molecular complexity index is 2560. The summed E-state index contributed by atoms with van der Waals surface area (Å²) in [6, 6.07) is 16.1. The number of carbonyl (C=O) groups excluding carboxylic acids is 1. The van der Waals surface area contributed by atoms with Crippen LogP contribution in [0.4, 0.5) is 32.0 Å². The molecule has 1 unspecified atom stereocenters. The van der Waals surface area contributed by atoms with Crippen molar-refractivity contribution in [3.63, 3.8) is 0 Å². The van der Waals surface area contributed by atoms with E-state index in [1.54, 1.807) is 24.4 Å². The number of nitrogens with one attached hydrogen (secondary N) is 2. The van der Waals surface area contributed by atoms with Gasteiger partial charge in [-0.25, -0.2) is 23.1 Å². The van der Waals surface area contributed by atoms with Crippen molar-refractivity contribution in [1.82, 2.24) is 29.5 Å². The molecule has 67 heavy (non-hydrogen) atoms. The van der Waals surface area contributed by atoms with E-state index in [1.807, 2.05) is 18.2 Å². The number of nitrogens with zero attached hydrogens (tertiary/aromatic N) is 5. The Kier molecular flexibility index (Phi) is 14.7. The first-order valence-corrected chi connectivity index (χ1v) is 23.7. The Morgan fingerprint density at radius 1 is 0.955 bits per heavy atom. The molecule has 5 aromatic rings. The molecule has 19 heteroatoms. The SMILES string of the molecule is CC1(C)CCC(CN2CCN(c3ccc(C(=O)N[S+]([O-])c4cnc(OCC5(F)CCN(C(CF)CF)CC5)c(C(F)(F)F)c4)c(Oc4cnc5[nH]ccc5c4)c3)CC2)=C(c2ccc(Cl)cc2)C1. The van der Waals surface area contributed by atoms with Gasteiger partial charge in [0.15, 0.2) is 4.90 Å². The van der Waals surface area contributed by atoms with Crippen LogP contribution in [0.2, 0.25) is 5.02 Å². The summed E-state index contributed by atoms with van der Waals surface area (Å²) in [6.45, 7) is 5.68. The number of fused-ring (bicyclic) bond motifs is 1. The molecule has 11 nitrogen and oxygen atoms in total. The Hall–Kier alpha value is -5.01. The third-order valence-corrected chi connectivity index (χ3v) is 14.2. The molecule has 2 saturated heterocycles. The summed E-state index contributed by atoms with van der Waals surface area (Å²) in [5, 5.41) is 1.45. The van der Waals surface area contributed by atoms with E-state index in [0.29, 0.717) is 35.6 Å². The maximum Gasteiger partial charge on any atom is 0.421 e. The third-order valence-electron chi connectivity index (χ3n) is 12.9. The monoisotopic (exact) mass is 971 g/mol. The van der Waals surface area contributed by atoms with Crippen LogP contribution in [0.3, 0.4) is 0 Å². The summed E-state index contributed by atoms with van der Waals surface area (Å²) in [5.74, 6) is -1.43. The van der Waals surface area contributed by atoms with Gasteiger partial charge in [-0.2, -0.15) is 17.9 Å². The van der Waals surface area contributed by atoms with Crippen LogP contribution in [0.15, 0.2) is 89.7 Å². The second-order valence-corrected chi connectivity index (χ2v) is 19.9. The van der Waals surface area contributed by atoms with Crippen molar-refractivity contribution >= 4 is 51.2 Å². The van der Waals surface area contributed by atoms with Gasteiger partial charge in [0.2, 0.25) is 5.88 Å². The smallest absolute Gasteiger partial charge is 0.421 e. The number of hydrogen-bond acceptors (Lipinski definition) is 9. The van der Waals surface area contributed by atoms with Crippen molar-refractivity contribution in [1.29, 1.82) is 0 Å². The minimum atomic E-state index is -5.06. The number of ether oxygens (including phenoxy) is 2. The lowest BCUT2D eigenvalue weighted by atomic mass is 9.72. The number of hydrogen-bond donors (Lipinski definition) is 2. The number of alkyl halides is 6. The molecule has 1 aliphatic carbocycles. The normalized spacial score (nSPS) is 18.6. The highest BCUT2D eigenvalue weighted by atomic mass is 35.5. The number of halogens is 7. The lowest BCUT2D eigenvalue weighted by molar-refractivity contribution is -0.140. The minimum Gasteiger partial charge on any atom is -0.588 e. The van der Waals surface area contributed by atoms with E-state index in [4.69, 9.17) is 21.1 Å². The zero-order valence-corrected chi connectivity index (χ0v) is 38.7. The molecule has 2 aromatic carbocycles. The van der Waals surface area contributed by atoms with Crippen LogP contribution in [-0.2, 0) is 17.5 Å². The summed E-state index contributed by atoms with van der Waals surface area (Å²) in [7, 11) is 0. The third kappa shape index (κ3) is 11.6. The number of carbonyl (C=O) groups is 1. The lowest BCUT2D eigenvalue weighted by Gasteiger charge is -2.39. The van der Waals surface area contributed by atoms with Gasteiger partial charge in [0.1, 0.15) is 59.7 Å². The highest BCUT2D eigenvalue weighted by Gasteiger charge is 2.41. The number of allylic oxidation sites excluding steroid dienone is 1. The summed E-state index contributed by atoms with van der Waals surface area (Å²) >= 11 is 3.67. The Labute approximate surface area is 393 Å². The Morgan fingerprint density at radius 2 is 1.69 bits per heavy atom. The largest absolute Gasteiger partial charge is 0.588 e. The summed E-state index contributed by atoms with van der Waals surface area (Å²) < 4.78 is 112. The highest BCUT2D eigenvalue weighted by Crippen LogP contribution is 2.44. The van der Waals surface area contributed by atoms with Crippen LogP contribution >= 0.6 is 11.6 Å². The Morgan fingerprint density at radius 3 is 2.39 bits per heavy atom. The molecule has 1 atom stereocenters. The molecule has 0 saturated carbocycles. The fourth-order valence-corrected chi connectivity index (χ4v) is 9.79. The number of rotatable bonds is 15. The number of anilines is 1. The van der Waals surface area contributed by atoms with Gasteiger partial charge < -0.3 is 23.9 Å². The van der Waals surface area contributed by atoms with Crippen LogP contribution in [0.1, 0.15) is 67.4 Å². The van der Waals surface area contributed by atoms with Gasteiger partial charge in [-0.1, -0.05) is 43.2 Å². The van der Waals surface area contributed by atoms with Gasteiger partial charge in [0.05, 0.1) is 24.0 Å². The summed E-state index contributed by atoms with van der Waals surface area (Å²) in [5.41, 5.74) is 2.06. The average Bonchev–Trinajstić information content (AvgIpc) is 3.78. The molecule has 5 heterocycles. The van der Waals surface area contributed by atoms with E-state index in [-0.39, 0.29) is 42.7 Å². The summed E-state index contributed by atoms with van der Waals surface area (Å²) in [4.78, 5) is 30.6. The van der Waals surface area contributed by atoms with Gasteiger partial charge in [0.25, 0.3) is 5.91 Å². The number of H-pyrrole nitrogens is 1. The first-order valence-electron chi connectivity index (χ1n) is 22.2. The van der Waals surface area contributed by atoms with E-state index in [2.05, 4.69) is 55.5 Å². The summed E-state index contributed by atoms with van der Waals surface area (Å²) in [6.07, 6.45) is 1.67. The van der Waals surface area contributed by atoms with Crippen molar-refractivity contribution < 1.29 is 45.2 Å². The van der Waals surface area contributed by atoms with Crippen LogP contribution in [0.25, 0.3) is 16.6 Å². The molecule has 0 spiro atoms. The standard InChI is InChI=1S/C48H52ClF6N7O4S/c1-46(2)11-9-33(40(24-46)31-3-5-34(49)6-4-31)29-60-17-19-62(20-18-60)35-7-8-39(42(22-35)66-37-21-32-10-14-56-43(32)57-27-37)44(63)59-67(64)38-23-41(48(53,54)55)45(58-28-38)65-30-47(52)12-15-61(16-13-47)36(25-50)26-51/h3-8,10,14,21-23,27-28,36H,9,11-13,15-20,24-26,29-30H2,1-2H3,(H,56,57)(H,59,63). The minimum absolute atomic E-state index is 0.00763. The van der Waals surface area contributed by atoms with Crippen LogP contribution in [-0.4, -0.2) is 113 Å². The van der Waals surface area contributed by atoms with Crippen molar-refractivity contribution in [3.05, 3.63) is 107 Å². The maximum atomic E-state index is 15.6. The van der Waals surface area contributed by atoms with Gasteiger partial charge in [-0.3, -0.25) is 14.6 Å². The number of benzene rings is 2. The number of likely N-dealkylation sites (tertiary alicyclic amines) is 1. The molecule has 2 N–H and O–H groups in total. The van der Waals surface area contributed by atoms with E-state index in [9.17, 15) is 31.3 Å². The Balaban J connectivity index is 0.970. The maximum absolute atomic E-state index is 15.6. The van der Waals surface area contributed by atoms with E-state index in [0.717, 1.165) is 56.2 Å². The molecule has 2 aliphatic heterocycles. The lowest BCUT2D eigenvalue weighted by Crippen LogP contribution is -2.50. The van der Waals surface area contributed by atoms with Crippen LogP contribution in [0, 0.1) is 5.41 Å². The van der Waals surface area contributed by atoms with Gasteiger partial charge in [0, 0.05) is 80.2 Å². The first kappa shape index (κ1) is 48.4. The number of pyridine rings is 2. The molecule has 2 fully saturated rings. The van der Waals surface area contributed by atoms with E-state index < -0.39 is 71.5 Å². The molecule has 8 rings (SSSR count). The average molecular weight is 972 g/mol. The second-order valence-electron chi connectivity index (χ2n) is 18.2. The van der Waals surface area contributed by atoms with Gasteiger partial charge >= 0.3 is 6.18 Å². The number of aromatic amines is 1. The quantitative estimate of drug-likeness (QED) is 0.0780. The zero-order valence-electron chi connectivity index (χ0n) is 37.1. The van der Waals surface area contributed by atoms with E-state index in [1.165, 1.54) is 33.9 Å². The number of aromatic nitrogens is 3. The molecular weight excluding hydrogens is 920 g/mol. The second kappa shape index (κ2) is 20.3. The predicted octanol–water partition coefficient (Wildman–Crippen LogP) is 10.2. The van der Waals surface area contributed by atoms with E-state index >= 15 is 4.39 Å². The molecule has 1 amide bonds. The first-order chi connectivity index (χ1) is 32.0. The molecular formula is C48H52ClF6N7O4S. The molecule has 3 aromatic heterocycles. The van der Waals surface area contributed by atoms with Gasteiger partial charge in [-0.05, 0) is 85.1 Å². The fourth-order valence-electron chi connectivity index (χ4n) is 8.90. The molecule has 358 valence electrons.